The number of nitrogens with one attached hydrogen (secondary N) is 1. The van der Waals surface area contributed by atoms with Crippen molar-refractivity contribution < 1.29 is 47.8 Å². The van der Waals surface area contributed by atoms with E-state index in [1.54, 1.807) is 0 Å². The van der Waals surface area contributed by atoms with Crippen LogP contribution in [0, 0.1) is 0 Å². The Morgan fingerprint density at radius 2 is 0.900 bits per heavy atom. The molecule has 0 radical (unpaired) electrons. The molecule has 0 rings (SSSR count). The van der Waals surface area contributed by atoms with Gasteiger partial charge in [0, 0.05) is 12.8 Å². The zero-order valence-electron chi connectivity index (χ0n) is 36.2. The summed E-state index contributed by atoms with van der Waals surface area (Å²) in [5, 5.41) is 21.8. The Hall–Kier alpha value is -4.12. The van der Waals surface area contributed by atoms with Crippen molar-refractivity contribution in [3.63, 3.8) is 0 Å². The number of phosphoric ester groups is 1. The number of carboxylic acid groups (broad SMARTS) is 1. The first-order chi connectivity index (χ1) is 29.1. The molecule has 60 heavy (non-hydrogen) atoms. The Balaban J connectivity index is 4.05. The van der Waals surface area contributed by atoms with E-state index in [4.69, 9.17) is 13.8 Å². The van der Waals surface area contributed by atoms with Crippen molar-refractivity contribution >= 4 is 25.7 Å². The highest BCUT2D eigenvalue weighted by atomic mass is 31.2. The van der Waals surface area contributed by atoms with Gasteiger partial charge < -0.3 is 25.2 Å². The Kier molecular flexibility index (Phi) is 38.8. The zero-order chi connectivity index (χ0) is 44.2. The summed E-state index contributed by atoms with van der Waals surface area (Å²) in [6.07, 6.45) is 55.2. The van der Waals surface area contributed by atoms with Crippen molar-refractivity contribution in [2.24, 2.45) is 0 Å². The lowest BCUT2D eigenvalue weighted by atomic mass is 10.1. The average Bonchev–Trinajstić information content (AvgIpc) is 3.22. The Bertz CT molecular complexity index is 1470. The second kappa shape index (κ2) is 41.6. The molecule has 11 nitrogen and oxygen atoms in total. The van der Waals surface area contributed by atoms with Gasteiger partial charge in [0.15, 0.2) is 6.04 Å². The molecule has 0 fully saturated rings. The molecule has 0 aliphatic heterocycles. The Morgan fingerprint density at radius 1 is 0.533 bits per heavy atom. The fourth-order valence-electron chi connectivity index (χ4n) is 4.95. The molecule has 0 bridgehead atoms. The average molecular weight is 856 g/mol. The summed E-state index contributed by atoms with van der Waals surface area (Å²) >= 11 is 0. The molecule has 0 spiro atoms. The van der Waals surface area contributed by atoms with E-state index in [0.717, 1.165) is 89.9 Å². The first-order valence-electron chi connectivity index (χ1n) is 21.6. The van der Waals surface area contributed by atoms with Crippen molar-refractivity contribution in [2.45, 2.75) is 142 Å². The van der Waals surface area contributed by atoms with E-state index in [1.165, 1.54) is 0 Å². The fourth-order valence-corrected chi connectivity index (χ4v) is 5.73. The predicted molar refractivity (Wildman–Crippen MR) is 244 cm³/mol. The van der Waals surface area contributed by atoms with Crippen LogP contribution in [0.5, 0.6) is 0 Å². The summed E-state index contributed by atoms with van der Waals surface area (Å²) in [6, 6.07) is -1.58. The maximum Gasteiger partial charge on any atom is 0.472 e. The number of ether oxygens (including phenoxy) is 1. The standard InChI is InChI=1S/C48H74NO10P/c1-3-5-7-9-11-13-15-17-19-20-21-22-23-24-26-28-30-32-34-36-38-40-47(52)57-41-44(50)42-58-60(55,56)59-43-45(48(53)54)49-46(51)39-37-35-33-31-29-27-25-18-16-14-12-10-8-6-4-2/h5-8,11-14,17-19,21-22,24-26,29-32,44-45,50H,3-4,9-10,15-16,20,23,27-28,33-43H2,1-2H3,(H,49,51)(H,53,54)(H,55,56)/b7-5-,8-6-,13-11-,14-12-,19-17-,22-21-,25-18-,26-24-,31-29-,32-30-. The number of hydrogen-bond acceptors (Lipinski definition) is 8. The highest BCUT2D eigenvalue weighted by molar-refractivity contribution is 7.47. The number of allylic oxidation sites excluding steroid dienone is 20. The Morgan fingerprint density at radius 3 is 1.30 bits per heavy atom. The topological polar surface area (TPSA) is 169 Å². The molecule has 0 saturated carbocycles. The monoisotopic (exact) mass is 856 g/mol. The van der Waals surface area contributed by atoms with Crippen molar-refractivity contribution in [3.8, 4) is 0 Å². The van der Waals surface area contributed by atoms with Crippen LogP contribution in [0.1, 0.15) is 129 Å². The van der Waals surface area contributed by atoms with Gasteiger partial charge in [-0.15, -0.1) is 0 Å². The van der Waals surface area contributed by atoms with Crippen LogP contribution in [0.25, 0.3) is 0 Å². The number of rotatable bonds is 38. The fraction of sp³-hybridized carbons (Fsp3) is 0.521. The summed E-state index contributed by atoms with van der Waals surface area (Å²) < 4.78 is 26.8. The maximum absolute atomic E-state index is 12.3. The molecule has 12 heteroatoms. The van der Waals surface area contributed by atoms with E-state index in [-0.39, 0.29) is 12.8 Å². The number of amides is 1. The molecule has 0 aromatic heterocycles. The minimum atomic E-state index is -4.79. The number of carbonyl (C=O) groups excluding carboxylic acids is 2. The summed E-state index contributed by atoms with van der Waals surface area (Å²) in [5.74, 6) is -2.50. The van der Waals surface area contributed by atoms with Gasteiger partial charge >= 0.3 is 19.8 Å². The van der Waals surface area contributed by atoms with Crippen LogP contribution in [0.4, 0.5) is 0 Å². The van der Waals surface area contributed by atoms with Gasteiger partial charge in [0.25, 0.3) is 0 Å². The van der Waals surface area contributed by atoms with E-state index in [0.29, 0.717) is 12.8 Å². The van der Waals surface area contributed by atoms with E-state index < -0.39 is 57.6 Å². The third-order valence-corrected chi connectivity index (χ3v) is 9.20. The largest absolute Gasteiger partial charge is 0.480 e. The van der Waals surface area contributed by atoms with E-state index >= 15 is 0 Å². The number of aliphatic hydroxyl groups is 1. The third kappa shape index (κ3) is 40.7. The number of aliphatic hydroxyl groups excluding tert-OH is 1. The molecule has 336 valence electrons. The Labute approximate surface area is 360 Å². The summed E-state index contributed by atoms with van der Waals surface area (Å²) in [4.78, 5) is 45.9. The molecule has 4 N–H and O–H groups in total. The first kappa shape index (κ1) is 55.9. The molecule has 0 aliphatic rings. The highest BCUT2D eigenvalue weighted by Crippen LogP contribution is 2.43. The second-order valence-corrected chi connectivity index (χ2v) is 15.2. The van der Waals surface area contributed by atoms with E-state index in [1.807, 2.05) is 6.08 Å². The van der Waals surface area contributed by atoms with Gasteiger partial charge in [-0.1, -0.05) is 135 Å². The predicted octanol–water partition coefficient (Wildman–Crippen LogP) is 11.2. The van der Waals surface area contributed by atoms with Crippen LogP contribution < -0.4 is 5.32 Å². The van der Waals surface area contributed by atoms with Crippen molar-refractivity contribution in [3.05, 3.63) is 122 Å². The number of phosphoric acid groups is 1. The molecule has 0 aliphatic carbocycles. The van der Waals surface area contributed by atoms with Crippen LogP contribution >= 0.6 is 7.82 Å². The highest BCUT2D eigenvalue weighted by Gasteiger charge is 2.28. The molecule has 3 unspecified atom stereocenters. The number of esters is 1. The molecule has 0 aromatic rings. The van der Waals surface area contributed by atoms with Gasteiger partial charge in [-0.2, -0.15) is 0 Å². The lowest BCUT2D eigenvalue weighted by Crippen LogP contribution is -2.43. The summed E-state index contributed by atoms with van der Waals surface area (Å²) in [7, 11) is -4.79. The van der Waals surface area contributed by atoms with Gasteiger partial charge in [0.2, 0.25) is 5.91 Å². The molecule has 0 heterocycles. The van der Waals surface area contributed by atoms with Crippen molar-refractivity contribution in [1.82, 2.24) is 5.32 Å². The third-order valence-electron chi connectivity index (χ3n) is 8.25. The summed E-state index contributed by atoms with van der Waals surface area (Å²) in [6.45, 7) is 2.25. The van der Waals surface area contributed by atoms with Gasteiger partial charge in [-0.3, -0.25) is 18.6 Å². The van der Waals surface area contributed by atoms with E-state index in [2.05, 4.69) is 135 Å². The van der Waals surface area contributed by atoms with Gasteiger partial charge in [0.1, 0.15) is 12.7 Å². The van der Waals surface area contributed by atoms with Crippen LogP contribution in [-0.2, 0) is 32.7 Å². The smallest absolute Gasteiger partial charge is 0.472 e. The number of carbonyl (C=O) groups is 3. The maximum atomic E-state index is 12.3. The number of aliphatic carboxylic acids is 1. The second-order valence-electron chi connectivity index (χ2n) is 13.8. The van der Waals surface area contributed by atoms with Crippen LogP contribution in [0.15, 0.2) is 122 Å². The van der Waals surface area contributed by atoms with Gasteiger partial charge in [0.05, 0.1) is 13.2 Å². The van der Waals surface area contributed by atoms with Crippen molar-refractivity contribution in [1.29, 1.82) is 0 Å². The van der Waals surface area contributed by atoms with Crippen LogP contribution in [-0.4, -0.2) is 64.9 Å². The first-order valence-corrected chi connectivity index (χ1v) is 23.1. The molecular weight excluding hydrogens is 781 g/mol. The van der Waals surface area contributed by atoms with E-state index in [9.17, 15) is 34.1 Å². The quantitative estimate of drug-likeness (QED) is 0.0203. The SMILES string of the molecule is CC/C=C\C/C=C\C/C=C\C/C=C\C/C=C\C/C=C\CCCCC(=O)OCC(O)COP(=O)(O)OCC(NC(=O)CCCC/C=C\C/C=C\C/C=C\C/C=C\CC)C(=O)O. The minimum absolute atomic E-state index is 0.0823. The van der Waals surface area contributed by atoms with Gasteiger partial charge in [-0.25, -0.2) is 9.36 Å². The van der Waals surface area contributed by atoms with Crippen LogP contribution in [0.3, 0.4) is 0 Å². The number of hydrogen-bond donors (Lipinski definition) is 4. The molecule has 1 amide bonds. The summed E-state index contributed by atoms with van der Waals surface area (Å²) in [5.41, 5.74) is 0. The molecular formula is C48H74NO10P. The lowest BCUT2D eigenvalue weighted by molar-refractivity contribution is -0.147. The molecule has 0 aromatic carbocycles. The lowest BCUT2D eigenvalue weighted by Gasteiger charge is -2.18. The van der Waals surface area contributed by atoms with Gasteiger partial charge in [-0.05, 0) is 103 Å². The number of carboxylic acids is 1. The minimum Gasteiger partial charge on any atom is -0.480 e. The normalized spacial score (nSPS) is 14.9. The van der Waals surface area contributed by atoms with Crippen LogP contribution in [0.2, 0.25) is 0 Å². The number of unbranched alkanes of at least 4 members (excludes halogenated alkanes) is 4. The zero-order valence-corrected chi connectivity index (χ0v) is 37.1. The molecule has 3 atom stereocenters. The molecule has 0 saturated heterocycles. The van der Waals surface area contributed by atoms with Crippen molar-refractivity contribution in [2.75, 3.05) is 19.8 Å².